The van der Waals surface area contributed by atoms with E-state index < -0.39 is 0 Å². The number of para-hydroxylation sites is 1. The Morgan fingerprint density at radius 2 is 1.81 bits per heavy atom. The van der Waals surface area contributed by atoms with E-state index >= 15 is 0 Å². The molecule has 1 saturated heterocycles. The van der Waals surface area contributed by atoms with Gasteiger partial charge < -0.3 is 14.7 Å². The smallest absolute Gasteiger partial charge is 0.137 e. The van der Waals surface area contributed by atoms with Gasteiger partial charge in [-0.3, -0.25) is 0 Å². The van der Waals surface area contributed by atoms with Crippen molar-refractivity contribution in [3.8, 4) is 5.75 Å². The molecule has 0 saturated carbocycles. The van der Waals surface area contributed by atoms with E-state index in [1.165, 1.54) is 42.8 Å². The zero-order valence-electron chi connectivity index (χ0n) is 13.7. The highest BCUT2D eigenvalue weighted by atomic mass is 16.5. The van der Waals surface area contributed by atoms with E-state index in [0.29, 0.717) is 6.61 Å². The van der Waals surface area contributed by atoms with Gasteiger partial charge in [0.15, 0.2) is 0 Å². The van der Waals surface area contributed by atoms with E-state index in [1.54, 1.807) is 0 Å². The normalized spacial score (nSPS) is 18.5. The third-order valence-corrected chi connectivity index (χ3v) is 4.21. The molecule has 1 heterocycles. The monoisotopic (exact) mass is 292 g/mol. The Morgan fingerprint density at radius 3 is 2.48 bits per heavy atom. The standard InChI is InChI=1S/C18H29NO2/c1-18(2,3)16-9-5-6-10-17(16)21-14-15(20)13-19-11-7-4-8-12-19/h5-6,9-10,15,20H,4,7-8,11-14H2,1-3H3/p+1/t15-/m1/s1. The van der Waals surface area contributed by atoms with Gasteiger partial charge in [0.25, 0.3) is 0 Å². The number of hydrogen-bond donors (Lipinski definition) is 2. The van der Waals surface area contributed by atoms with Gasteiger partial charge in [0, 0.05) is 0 Å². The zero-order valence-corrected chi connectivity index (χ0v) is 13.7. The Bertz CT molecular complexity index is 433. The van der Waals surface area contributed by atoms with Crippen LogP contribution < -0.4 is 9.64 Å². The van der Waals surface area contributed by atoms with Crippen LogP contribution in [0.2, 0.25) is 0 Å². The van der Waals surface area contributed by atoms with Crippen LogP contribution in [-0.2, 0) is 5.41 Å². The minimum atomic E-state index is -0.383. The van der Waals surface area contributed by atoms with E-state index in [9.17, 15) is 5.11 Å². The van der Waals surface area contributed by atoms with Crippen LogP contribution in [0.1, 0.15) is 45.6 Å². The number of hydrogen-bond acceptors (Lipinski definition) is 2. The Balaban J connectivity index is 1.87. The number of rotatable bonds is 5. The average Bonchev–Trinajstić information content (AvgIpc) is 2.45. The number of ether oxygens (including phenoxy) is 1. The first kappa shape index (κ1) is 16.3. The molecule has 0 spiro atoms. The highest BCUT2D eigenvalue weighted by Gasteiger charge is 2.21. The van der Waals surface area contributed by atoms with Crippen molar-refractivity contribution in [2.45, 2.75) is 51.6 Å². The summed E-state index contributed by atoms with van der Waals surface area (Å²) in [6.07, 6.45) is 3.53. The lowest BCUT2D eigenvalue weighted by Gasteiger charge is -2.26. The third-order valence-electron chi connectivity index (χ3n) is 4.21. The van der Waals surface area contributed by atoms with Crippen molar-refractivity contribution in [2.24, 2.45) is 0 Å². The maximum atomic E-state index is 10.2. The lowest BCUT2D eigenvalue weighted by Crippen LogP contribution is -3.14. The Morgan fingerprint density at radius 1 is 1.14 bits per heavy atom. The number of aliphatic hydroxyl groups excluding tert-OH is 1. The van der Waals surface area contributed by atoms with Crippen LogP contribution in [-0.4, -0.2) is 37.5 Å². The second-order valence-electron chi connectivity index (χ2n) is 7.23. The number of benzene rings is 1. The second kappa shape index (κ2) is 7.28. The summed E-state index contributed by atoms with van der Waals surface area (Å²) in [6.45, 7) is 10.1. The maximum absolute atomic E-state index is 10.2. The predicted molar refractivity (Wildman–Crippen MR) is 86.1 cm³/mol. The van der Waals surface area contributed by atoms with Crippen LogP contribution in [0.4, 0.5) is 0 Å². The predicted octanol–water partition coefficient (Wildman–Crippen LogP) is 1.79. The number of quaternary nitrogens is 1. The number of aliphatic hydroxyl groups is 1. The minimum absolute atomic E-state index is 0.0552. The molecule has 1 aromatic carbocycles. The van der Waals surface area contributed by atoms with Crippen LogP contribution in [0.3, 0.4) is 0 Å². The summed E-state index contributed by atoms with van der Waals surface area (Å²) in [4.78, 5) is 1.52. The van der Waals surface area contributed by atoms with Crippen molar-refractivity contribution in [2.75, 3.05) is 26.2 Å². The summed E-state index contributed by atoms with van der Waals surface area (Å²) < 4.78 is 5.90. The van der Waals surface area contributed by atoms with Crippen molar-refractivity contribution in [3.63, 3.8) is 0 Å². The van der Waals surface area contributed by atoms with Gasteiger partial charge >= 0.3 is 0 Å². The fourth-order valence-electron chi connectivity index (χ4n) is 3.05. The van der Waals surface area contributed by atoms with Gasteiger partial charge in [0.1, 0.15) is 25.0 Å². The Kier molecular flexibility index (Phi) is 5.65. The first-order valence-corrected chi connectivity index (χ1v) is 8.21. The lowest BCUT2D eigenvalue weighted by atomic mass is 9.86. The van der Waals surface area contributed by atoms with Crippen molar-refractivity contribution < 1.29 is 14.7 Å². The van der Waals surface area contributed by atoms with Crippen LogP contribution >= 0.6 is 0 Å². The molecule has 118 valence electrons. The van der Waals surface area contributed by atoms with Gasteiger partial charge in [-0.05, 0) is 36.3 Å². The van der Waals surface area contributed by atoms with E-state index in [4.69, 9.17) is 4.74 Å². The largest absolute Gasteiger partial charge is 0.490 e. The Labute approximate surface area is 128 Å². The molecule has 2 N–H and O–H groups in total. The quantitative estimate of drug-likeness (QED) is 0.867. The van der Waals surface area contributed by atoms with E-state index in [2.05, 4.69) is 26.8 Å². The van der Waals surface area contributed by atoms with Gasteiger partial charge in [0.05, 0.1) is 13.1 Å². The SMILES string of the molecule is CC(C)(C)c1ccccc1OC[C@H](O)C[NH+]1CCCCC1. The molecule has 0 radical (unpaired) electrons. The fourth-order valence-corrected chi connectivity index (χ4v) is 3.05. The van der Waals surface area contributed by atoms with Crippen molar-refractivity contribution >= 4 is 0 Å². The van der Waals surface area contributed by atoms with Gasteiger partial charge in [-0.2, -0.15) is 0 Å². The molecule has 1 atom stereocenters. The molecular weight excluding hydrogens is 262 g/mol. The third kappa shape index (κ3) is 5.01. The van der Waals surface area contributed by atoms with E-state index in [0.717, 1.165) is 12.3 Å². The van der Waals surface area contributed by atoms with E-state index in [1.807, 2.05) is 18.2 Å². The second-order valence-corrected chi connectivity index (χ2v) is 7.23. The van der Waals surface area contributed by atoms with Crippen LogP contribution in [0.5, 0.6) is 5.75 Å². The average molecular weight is 292 g/mol. The van der Waals surface area contributed by atoms with Gasteiger partial charge in [0.2, 0.25) is 0 Å². The fraction of sp³-hybridized carbons (Fsp3) is 0.667. The molecular formula is C18H30NO2+. The molecule has 0 amide bonds. The number of piperidine rings is 1. The van der Waals surface area contributed by atoms with Crippen LogP contribution in [0.25, 0.3) is 0 Å². The summed E-state index contributed by atoms with van der Waals surface area (Å²) in [6, 6.07) is 8.15. The summed E-state index contributed by atoms with van der Waals surface area (Å²) in [5, 5.41) is 10.2. The zero-order chi connectivity index (χ0) is 15.3. The van der Waals surface area contributed by atoms with Crippen molar-refractivity contribution in [1.82, 2.24) is 0 Å². The van der Waals surface area contributed by atoms with Crippen LogP contribution in [0.15, 0.2) is 24.3 Å². The molecule has 3 nitrogen and oxygen atoms in total. The van der Waals surface area contributed by atoms with Crippen molar-refractivity contribution in [1.29, 1.82) is 0 Å². The first-order valence-electron chi connectivity index (χ1n) is 8.21. The van der Waals surface area contributed by atoms with Gasteiger partial charge in [-0.15, -0.1) is 0 Å². The summed E-state index contributed by atoms with van der Waals surface area (Å²) in [5.74, 6) is 0.901. The molecule has 0 bridgehead atoms. The highest BCUT2D eigenvalue weighted by molar-refractivity contribution is 5.38. The lowest BCUT2D eigenvalue weighted by molar-refractivity contribution is -0.908. The topological polar surface area (TPSA) is 33.9 Å². The first-order chi connectivity index (χ1) is 9.97. The molecule has 1 fully saturated rings. The Hall–Kier alpha value is -1.06. The molecule has 1 aliphatic heterocycles. The molecule has 2 rings (SSSR count). The molecule has 21 heavy (non-hydrogen) atoms. The molecule has 0 aromatic heterocycles. The number of nitrogens with one attached hydrogen (secondary N) is 1. The molecule has 1 aliphatic rings. The van der Waals surface area contributed by atoms with E-state index in [-0.39, 0.29) is 11.5 Å². The number of likely N-dealkylation sites (tertiary alicyclic amines) is 1. The van der Waals surface area contributed by atoms with Gasteiger partial charge in [-0.1, -0.05) is 39.0 Å². The van der Waals surface area contributed by atoms with Crippen molar-refractivity contribution in [3.05, 3.63) is 29.8 Å². The molecule has 3 heteroatoms. The summed E-state index contributed by atoms with van der Waals surface area (Å²) in [7, 11) is 0. The molecule has 0 unspecified atom stereocenters. The van der Waals surface area contributed by atoms with Gasteiger partial charge in [-0.25, -0.2) is 0 Å². The summed E-state index contributed by atoms with van der Waals surface area (Å²) in [5.41, 5.74) is 1.25. The molecule has 1 aromatic rings. The highest BCUT2D eigenvalue weighted by Crippen LogP contribution is 2.30. The summed E-state index contributed by atoms with van der Waals surface area (Å²) >= 11 is 0. The van der Waals surface area contributed by atoms with Crippen LogP contribution in [0, 0.1) is 0 Å². The molecule has 0 aliphatic carbocycles. The minimum Gasteiger partial charge on any atom is -0.490 e. The maximum Gasteiger partial charge on any atom is 0.137 e.